The van der Waals surface area contributed by atoms with Crippen molar-refractivity contribution in [3.05, 3.63) is 29.8 Å². The minimum Gasteiger partial charge on any atom is -0.370 e. The monoisotopic (exact) mass is 246 g/mol. The highest BCUT2D eigenvalue weighted by Crippen LogP contribution is 2.25. The molecule has 0 radical (unpaired) electrons. The van der Waals surface area contributed by atoms with Crippen molar-refractivity contribution in [2.24, 2.45) is 5.92 Å². The molecule has 0 atom stereocenters. The van der Waals surface area contributed by atoms with Crippen LogP contribution in [0.2, 0.25) is 0 Å². The van der Waals surface area contributed by atoms with E-state index < -0.39 is 0 Å². The predicted octanol–water partition coefficient (Wildman–Crippen LogP) is 3.07. The van der Waals surface area contributed by atoms with E-state index in [9.17, 15) is 0 Å². The minimum atomic E-state index is 0.737. The van der Waals surface area contributed by atoms with Gasteiger partial charge in [-0.3, -0.25) is 0 Å². The number of hydrogen-bond acceptors (Lipinski definition) is 2. The molecule has 2 rings (SSSR count). The summed E-state index contributed by atoms with van der Waals surface area (Å²) in [6.45, 7) is 9.06. The van der Waals surface area contributed by atoms with Crippen LogP contribution in [0, 0.1) is 5.92 Å². The Morgan fingerprint density at radius 1 is 1.22 bits per heavy atom. The van der Waals surface area contributed by atoms with Crippen LogP contribution < -0.4 is 10.2 Å². The molecule has 0 fully saturated rings. The first-order valence-corrected chi connectivity index (χ1v) is 7.31. The first-order valence-electron chi connectivity index (χ1n) is 7.31. The van der Waals surface area contributed by atoms with Gasteiger partial charge in [0.15, 0.2) is 0 Å². The molecule has 1 aromatic rings. The summed E-state index contributed by atoms with van der Waals surface area (Å²) in [5.74, 6) is 0.737. The van der Waals surface area contributed by atoms with Gasteiger partial charge in [-0.15, -0.1) is 0 Å². The second-order valence-corrected chi connectivity index (χ2v) is 5.67. The summed E-state index contributed by atoms with van der Waals surface area (Å²) in [6, 6.07) is 8.90. The normalized spacial score (nSPS) is 15.6. The van der Waals surface area contributed by atoms with Crippen molar-refractivity contribution in [3.63, 3.8) is 0 Å². The second kappa shape index (κ2) is 6.79. The highest BCUT2D eigenvalue weighted by Gasteiger charge is 2.13. The van der Waals surface area contributed by atoms with Gasteiger partial charge in [-0.2, -0.15) is 0 Å². The van der Waals surface area contributed by atoms with Crippen molar-refractivity contribution in [2.45, 2.75) is 33.1 Å². The summed E-state index contributed by atoms with van der Waals surface area (Å²) >= 11 is 0. The van der Waals surface area contributed by atoms with Crippen LogP contribution in [0.5, 0.6) is 0 Å². The zero-order valence-electron chi connectivity index (χ0n) is 11.8. The van der Waals surface area contributed by atoms with Gasteiger partial charge >= 0.3 is 0 Å². The van der Waals surface area contributed by atoms with E-state index in [4.69, 9.17) is 0 Å². The molecule has 0 saturated carbocycles. The van der Waals surface area contributed by atoms with Crippen molar-refractivity contribution in [1.29, 1.82) is 0 Å². The number of benzene rings is 1. The first-order chi connectivity index (χ1) is 8.77. The fraction of sp³-hybridized carbons (Fsp3) is 0.625. The van der Waals surface area contributed by atoms with Gasteiger partial charge in [0.1, 0.15) is 0 Å². The molecular formula is C16H26N2. The lowest BCUT2D eigenvalue weighted by Gasteiger charge is -2.25. The molecule has 0 unspecified atom stereocenters. The van der Waals surface area contributed by atoms with Crippen LogP contribution in [0.1, 0.15) is 32.3 Å². The van der Waals surface area contributed by atoms with E-state index in [1.165, 1.54) is 37.1 Å². The molecule has 2 heteroatoms. The maximum absolute atomic E-state index is 3.54. The van der Waals surface area contributed by atoms with Gasteiger partial charge in [0, 0.05) is 25.3 Å². The quantitative estimate of drug-likeness (QED) is 0.803. The maximum Gasteiger partial charge on any atom is 0.0399 e. The summed E-state index contributed by atoms with van der Waals surface area (Å²) in [5, 5.41) is 3.54. The lowest BCUT2D eigenvalue weighted by atomic mass is 10.1. The van der Waals surface area contributed by atoms with Gasteiger partial charge in [-0.1, -0.05) is 32.0 Å². The van der Waals surface area contributed by atoms with Gasteiger partial charge in [-0.25, -0.2) is 0 Å². The highest BCUT2D eigenvalue weighted by atomic mass is 15.1. The molecule has 2 nitrogen and oxygen atoms in total. The largest absolute Gasteiger partial charge is 0.370 e. The van der Waals surface area contributed by atoms with Gasteiger partial charge in [0.25, 0.3) is 0 Å². The predicted molar refractivity (Wildman–Crippen MR) is 79.3 cm³/mol. The number of rotatable bonds is 5. The summed E-state index contributed by atoms with van der Waals surface area (Å²) in [5.41, 5.74) is 2.99. The molecule has 18 heavy (non-hydrogen) atoms. The van der Waals surface area contributed by atoms with Crippen molar-refractivity contribution in [3.8, 4) is 0 Å². The van der Waals surface area contributed by atoms with Crippen LogP contribution in [-0.4, -0.2) is 26.2 Å². The standard InChI is InChI=1S/C16H26N2/c1-14(2)13-17-10-12-18-11-6-5-8-15-7-3-4-9-16(15)18/h3-4,7,9,14,17H,5-6,8,10-13H2,1-2H3. The SMILES string of the molecule is CC(C)CNCCN1CCCCc2ccccc21. The maximum atomic E-state index is 3.54. The number of nitrogens with zero attached hydrogens (tertiary/aromatic N) is 1. The number of para-hydroxylation sites is 1. The van der Waals surface area contributed by atoms with Crippen LogP contribution >= 0.6 is 0 Å². The van der Waals surface area contributed by atoms with Gasteiger partial charge in [0.2, 0.25) is 0 Å². The molecule has 1 aliphatic rings. The van der Waals surface area contributed by atoms with E-state index in [1.54, 1.807) is 0 Å². The van der Waals surface area contributed by atoms with Gasteiger partial charge < -0.3 is 10.2 Å². The minimum absolute atomic E-state index is 0.737. The lowest BCUT2D eigenvalue weighted by Crippen LogP contribution is -2.34. The Morgan fingerprint density at radius 3 is 2.89 bits per heavy atom. The van der Waals surface area contributed by atoms with Crippen molar-refractivity contribution >= 4 is 5.69 Å². The van der Waals surface area contributed by atoms with E-state index in [0.29, 0.717) is 0 Å². The average Bonchev–Trinajstić information content (AvgIpc) is 2.57. The lowest BCUT2D eigenvalue weighted by molar-refractivity contribution is 0.549. The molecule has 0 bridgehead atoms. The van der Waals surface area contributed by atoms with Gasteiger partial charge in [0.05, 0.1) is 0 Å². The molecular weight excluding hydrogens is 220 g/mol. The number of hydrogen-bond donors (Lipinski definition) is 1. The average molecular weight is 246 g/mol. The third kappa shape index (κ3) is 3.74. The molecule has 1 N–H and O–H groups in total. The van der Waals surface area contributed by atoms with Crippen molar-refractivity contribution in [2.75, 3.05) is 31.1 Å². The molecule has 0 saturated heterocycles. The van der Waals surface area contributed by atoms with E-state index in [1.807, 2.05) is 0 Å². The zero-order valence-corrected chi connectivity index (χ0v) is 11.8. The van der Waals surface area contributed by atoms with E-state index in [2.05, 4.69) is 48.3 Å². The summed E-state index contributed by atoms with van der Waals surface area (Å²) in [7, 11) is 0. The third-order valence-electron chi connectivity index (χ3n) is 3.57. The van der Waals surface area contributed by atoms with E-state index >= 15 is 0 Å². The molecule has 0 aliphatic carbocycles. The van der Waals surface area contributed by atoms with Crippen molar-refractivity contribution in [1.82, 2.24) is 5.32 Å². The zero-order chi connectivity index (χ0) is 12.8. The van der Waals surface area contributed by atoms with Crippen LogP contribution in [0.15, 0.2) is 24.3 Å². The Morgan fingerprint density at radius 2 is 2.06 bits per heavy atom. The fourth-order valence-electron chi connectivity index (χ4n) is 2.61. The summed E-state index contributed by atoms with van der Waals surface area (Å²) < 4.78 is 0. The van der Waals surface area contributed by atoms with Crippen LogP contribution in [0.3, 0.4) is 0 Å². The second-order valence-electron chi connectivity index (χ2n) is 5.67. The fourth-order valence-corrected chi connectivity index (χ4v) is 2.61. The highest BCUT2D eigenvalue weighted by molar-refractivity contribution is 5.54. The smallest absolute Gasteiger partial charge is 0.0399 e. The molecule has 0 spiro atoms. The number of anilines is 1. The Balaban J connectivity index is 1.91. The molecule has 1 heterocycles. The molecule has 1 aliphatic heterocycles. The first kappa shape index (κ1) is 13.4. The Hall–Kier alpha value is -1.02. The van der Waals surface area contributed by atoms with Crippen molar-refractivity contribution < 1.29 is 0 Å². The molecule has 100 valence electrons. The Labute approximate surface area is 111 Å². The number of fused-ring (bicyclic) bond motifs is 1. The van der Waals surface area contributed by atoms with E-state index in [-0.39, 0.29) is 0 Å². The summed E-state index contributed by atoms with van der Waals surface area (Å²) in [4.78, 5) is 2.55. The Kier molecular flexibility index (Phi) is 5.06. The van der Waals surface area contributed by atoms with Crippen LogP contribution in [0.25, 0.3) is 0 Å². The number of nitrogens with one attached hydrogen (secondary N) is 1. The van der Waals surface area contributed by atoms with Crippen LogP contribution in [0.4, 0.5) is 5.69 Å². The number of aryl methyl sites for hydroxylation is 1. The summed E-state index contributed by atoms with van der Waals surface area (Å²) in [6.07, 6.45) is 3.89. The molecule has 1 aromatic carbocycles. The Bertz CT molecular complexity index is 360. The third-order valence-corrected chi connectivity index (χ3v) is 3.57. The molecule has 0 amide bonds. The molecule has 0 aromatic heterocycles. The van der Waals surface area contributed by atoms with Gasteiger partial charge in [-0.05, 0) is 43.4 Å². The van der Waals surface area contributed by atoms with E-state index in [0.717, 1.165) is 25.6 Å². The topological polar surface area (TPSA) is 15.3 Å². The van der Waals surface area contributed by atoms with Crippen LogP contribution in [-0.2, 0) is 6.42 Å².